The van der Waals surface area contributed by atoms with Crippen LogP contribution in [0, 0.1) is 0 Å². The molecule has 0 aliphatic carbocycles. The highest BCUT2D eigenvalue weighted by Crippen LogP contribution is 2.16. The Hall–Kier alpha value is -1.22. The molecule has 1 rings (SSSR count). The minimum atomic E-state index is 0.296. The summed E-state index contributed by atoms with van der Waals surface area (Å²) in [5.41, 5.74) is 7.72. The van der Waals surface area contributed by atoms with Gasteiger partial charge in [0.2, 0.25) is 0 Å². The molecule has 2 N–H and O–H groups in total. The lowest BCUT2D eigenvalue weighted by atomic mass is 10.2. The van der Waals surface area contributed by atoms with Crippen molar-refractivity contribution >= 4 is 11.4 Å². The second-order valence-corrected chi connectivity index (χ2v) is 4.50. The van der Waals surface area contributed by atoms with Crippen LogP contribution in [0.4, 0.5) is 11.4 Å². The zero-order valence-corrected chi connectivity index (χ0v) is 11.1. The van der Waals surface area contributed by atoms with Crippen molar-refractivity contribution in [2.24, 2.45) is 0 Å². The lowest BCUT2D eigenvalue weighted by Crippen LogP contribution is -2.29. The van der Waals surface area contributed by atoms with Gasteiger partial charge in [0.25, 0.3) is 0 Å². The van der Waals surface area contributed by atoms with E-state index in [1.807, 2.05) is 12.1 Å². The maximum Gasteiger partial charge on any atom is 0.0645 e. The Balaban J connectivity index is 2.55. The molecule has 0 aliphatic heterocycles. The van der Waals surface area contributed by atoms with E-state index in [1.54, 1.807) is 0 Å². The Bertz CT molecular complexity index is 309. The first-order valence-electron chi connectivity index (χ1n) is 6.35. The summed E-state index contributed by atoms with van der Waals surface area (Å²) in [6.45, 7) is 9.05. The molecule has 0 radical (unpaired) electrons. The van der Waals surface area contributed by atoms with Crippen LogP contribution in [-0.4, -0.2) is 25.8 Å². The first-order valence-corrected chi connectivity index (χ1v) is 6.35. The van der Waals surface area contributed by atoms with Gasteiger partial charge in [-0.05, 0) is 44.5 Å². The quantitative estimate of drug-likeness (QED) is 0.740. The zero-order valence-electron chi connectivity index (χ0n) is 11.1. The molecule has 0 fully saturated rings. The van der Waals surface area contributed by atoms with Gasteiger partial charge in [0.05, 0.1) is 12.7 Å². The van der Waals surface area contributed by atoms with Crippen molar-refractivity contribution in [1.82, 2.24) is 0 Å². The number of nitrogens with zero attached hydrogens (tertiary/aromatic N) is 1. The Labute approximate surface area is 105 Å². The van der Waals surface area contributed by atoms with Gasteiger partial charge in [-0.15, -0.1) is 0 Å². The van der Waals surface area contributed by atoms with E-state index in [-0.39, 0.29) is 0 Å². The Kier molecular flexibility index (Phi) is 5.84. The van der Waals surface area contributed by atoms with E-state index in [0.29, 0.717) is 6.10 Å². The van der Waals surface area contributed by atoms with Gasteiger partial charge in [-0.3, -0.25) is 0 Å². The zero-order chi connectivity index (χ0) is 12.7. The van der Waals surface area contributed by atoms with Gasteiger partial charge in [-0.25, -0.2) is 0 Å². The van der Waals surface area contributed by atoms with Gasteiger partial charge in [0, 0.05) is 24.5 Å². The second kappa shape index (κ2) is 7.17. The number of benzene rings is 1. The third-order valence-corrected chi connectivity index (χ3v) is 2.56. The number of nitrogen functional groups attached to an aromatic ring is 1. The van der Waals surface area contributed by atoms with Crippen LogP contribution in [-0.2, 0) is 4.74 Å². The fourth-order valence-electron chi connectivity index (χ4n) is 1.72. The molecule has 0 bridgehead atoms. The average molecular weight is 236 g/mol. The average Bonchev–Trinajstić information content (AvgIpc) is 2.29. The number of ether oxygens (including phenoxy) is 1. The maximum absolute atomic E-state index is 5.70. The molecule has 0 aliphatic rings. The monoisotopic (exact) mass is 236 g/mol. The fraction of sp³-hybridized carbons (Fsp3) is 0.571. The molecule has 0 atom stereocenters. The molecule has 0 saturated heterocycles. The molecule has 3 heteroatoms. The summed E-state index contributed by atoms with van der Waals surface area (Å²) in [4.78, 5) is 2.34. The molecule has 0 aromatic heterocycles. The molecule has 0 unspecified atom stereocenters. The van der Waals surface area contributed by atoms with Crippen LogP contribution in [0.3, 0.4) is 0 Å². The van der Waals surface area contributed by atoms with Gasteiger partial charge < -0.3 is 15.4 Å². The van der Waals surface area contributed by atoms with Gasteiger partial charge in [0.1, 0.15) is 0 Å². The summed E-state index contributed by atoms with van der Waals surface area (Å²) in [5, 5.41) is 0. The molecule has 96 valence electrons. The lowest BCUT2D eigenvalue weighted by Gasteiger charge is -2.24. The van der Waals surface area contributed by atoms with Gasteiger partial charge in [-0.2, -0.15) is 0 Å². The second-order valence-electron chi connectivity index (χ2n) is 4.50. The Morgan fingerprint density at radius 1 is 1.18 bits per heavy atom. The van der Waals surface area contributed by atoms with Gasteiger partial charge in [0.15, 0.2) is 0 Å². The van der Waals surface area contributed by atoms with Crippen molar-refractivity contribution in [2.75, 3.05) is 30.3 Å². The van der Waals surface area contributed by atoms with E-state index in [4.69, 9.17) is 10.5 Å². The standard InChI is InChI=1S/C14H24N2O/c1-4-9-16(10-11-17-12(2)3)14-7-5-13(15)6-8-14/h5-8,12H,4,9-11,15H2,1-3H3. The van der Waals surface area contributed by atoms with Crippen molar-refractivity contribution < 1.29 is 4.74 Å². The third kappa shape index (κ3) is 5.09. The summed E-state index contributed by atoms with van der Waals surface area (Å²) in [6, 6.07) is 8.03. The summed E-state index contributed by atoms with van der Waals surface area (Å²) in [6.07, 6.45) is 1.43. The first-order chi connectivity index (χ1) is 8.13. The molecule has 3 nitrogen and oxygen atoms in total. The predicted octanol–water partition coefficient (Wildman–Crippen LogP) is 2.91. The van der Waals surface area contributed by atoms with Crippen LogP contribution in [0.2, 0.25) is 0 Å². The van der Waals surface area contributed by atoms with Crippen molar-refractivity contribution in [3.05, 3.63) is 24.3 Å². The smallest absolute Gasteiger partial charge is 0.0645 e. The summed E-state index contributed by atoms with van der Waals surface area (Å²) in [7, 11) is 0. The summed E-state index contributed by atoms with van der Waals surface area (Å²) >= 11 is 0. The molecule has 1 aromatic carbocycles. The van der Waals surface area contributed by atoms with E-state index < -0.39 is 0 Å². The summed E-state index contributed by atoms with van der Waals surface area (Å²) in [5.74, 6) is 0. The van der Waals surface area contributed by atoms with Crippen LogP contribution in [0.1, 0.15) is 27.2 Å². The van der Waals surface area contributed by atoms with E-state index >= 15 is 0 Å². The van der Waals surface area contributed by atoms with Crippen LogP contribution >= 0.6 is 0 Å². The fourth-order valence-corrected chi connectivity index (χ4v) is 1.72. The van der Waals surface area contributed by atoms with Crippen molar-refractivity contribution in [2.45, 2.75) is 33.3 Å². The Morgan fingerprint density at radius 2 is 1.82 bits per heavy atom. The summed E-state index contributed by atoms with van der Waals surface area (Å²) < 4.78 is 5.60. The van der Waals surface area contributed by atoms with Crippen molar-refractivity contribution in [1.29, 1.82) is 0 Å². The third-order valence-electron chi connectivity index (χ3n) is 2.56. The van der Waals surface area contributed by atoms with Crippen LogP contribution in [0.25, 0.3) is 0 Å². The number of rotatable bonds is 7. The predicted molar refractivity (Wildman–Crippen MR) is 74.4 cm³/mol. The molecule has 17 heavy (non-hydrogen) atoms. The molecule has 0 spiro atoms. The van der Waals surface area contributed by atoms with Crippen molar-refractivity contribution in [3.63, 3.8) is 0 Å². The lowest BCUT2D eigenvalue weighted by molar-refractivity contribution is 0.0840. The van der Waals surface area contributed by atoms with Crippen molar-refractivity contribution in [3.8, 4) is 0 Å². The van der Waals surface area contributed by atoms with E-state index in [1.165, 1.54) is 5.69 Å². The van der Waals surface area contributed by atoms with Gasteiger partial charge >= 0.3 is 0 Å². The van der Waals surface area contributed by atoms with Crippen LogP contribution in [0.5, 0.6) is 0 Å². The molecule has 0 heterocycles. The van der Waals surface area contributed by atoms with E-state index in [2.05, 4.69) is 37.8 Å². The Morgan fingerprint density at radius 3 is 2.35 bits per heavy atom. The molecular formula is C14H24N2O. The maximum atomic E-state index is 5.70. The number of anilines is 2. The highest BCUT2D eigenvalue weighted by atomic mass is 16.5. The topological polar surface area (TPSA) is 38.5 Å². The SMILES string of the molecule is CCCN(CCOC(C)C)c1ccc(N)cc1. The molecule has 0 amide bonds. The molecule has 0 saturated carbocycles. The minimum Gasteiger partial charge on any atom is -0.399 e. The first kappa shape index (κ1) is 13.8. The number of nitrogens with two attached hydrogens (primary N) is 1. The van der Waals surface area contributed by atoms with Crippen LogP contribution < -0.4 is 10.6 Å². The highest BCUT2D eigenvalue weighted by molar-refractivity contribution is 5.53. The largest absolute Gasteiger partial charge is 0.399 e. The van der Waals surface area contributed by atoms with E-state index in [0.717, 1.165) is 31.8 Å². The van der Waals surface area contributed by atoms with E-state index in [9.17, 15) is 0 Å². The molecular weight excluding hydrogens is 212 g/mol. The molecule has 1 aromatic rings. The van der Waals surface area contributed by atoms with Gasteiger partial charge in [-0.1, -0.05) is 6.92 Å². The highest BCUT2D eigenvalue weighted by Gasteiger charge is 2.05. The number of hydrogen-bond donors (Lipinski definition) is 1. The minimum absolute atomic E-state index is 0.296. The number of hydrogen-bond acceptors (Lipinski definition) is 3. The van der Waals surface area contributed by atoms with Crippen LogP contribution in [0.15, 0.2) is 24.3 Å². The normalized spacial score (nSPS) is 10.8.